The van der Waals surface area contributed by atoms with Gasteiger partial charge in [-0.2, -0.15) is 0 Å². The molecule has 2 heterocycles. The molecule has 0 bridgehead atoms. The average molecular weight is 357 g/mol. The molecule has 7 nitrogen and oxygen atoms in total. The Morgan fingerprint density at radius 3 is 2.65 bits per heavy atom. The van der Waals surface area contributed by atoms with Gasteiger partial charge < -0.3 is 21.3 Å². The second-order valence-electron chi connectivity index (χ2n) is 8.05. The zero-order chi connectivity index (χ0) is 18.3. The van der Waals surface area contributed by atoms with Gasteiger partial charge in [-0.05, 0) is 68.1 Å². The van der Waals surface area contributed by atoms with E-state index < -0.39 is 6.04 Å². The van der Waals surface area contributed by atoms with Crippen molar-refractivity contribution in [1.82, 2.24) is 15.2 Å². The van der Waals surface area contributed by atoms with Crippen molar-refractivity contribution in [3.8, 4) is 0 Å². The van der Waals surface area contributed by atoms with Crippen molar-refractivity contribution < 1.29 is 9.59 Å². The number of nitrogens with one attached hydrogen (secondary N) is 2. The second kappa shape index (κ2) is 6.87. The van der Waals surface area contributed by atoms with Crippen molar-refractivity contribution in [1.29, 1.82) is 0 Å². The average Bonchev–Trinajstić information content (AvgIpc) is 3.50. The number of urea groups is 1. The third-order valence-electron chi connectivity index (χ3n) is 5.65. The van der Waals surface area contributed by atoms with Crippen LogP contribution < -0.4 is 16.4 Å². The highest BCUT2D eigenvalue weighted by Gasteiger charge is 2.46. The van der Waals surface area contributed by atoms with Gasteiger partial charge in [0.05, 0.1) is 6.04 Å². The molecule has 1 aromatic heterocycles. The summed E-state index contributed by atoms with van der Waals surface area (Å²) < 4.78 is 0. The molecule has 4 rings (SSSR count). The lowest BCUT2D eigenvalue weighted by Gasteiger charge is -2.22. The number of nitrogens with two attached hydrogens (primary N) is 1. The predicted molar refractivity (Wildman–Crippen MR) is 98.2 cm³/mol. The summed E-state index contributed by atoms with van der Waals surface area (Å²) >= 11 is 0. The third-order valence-corrected chi connectivity index (χ3v) is 5.65. The Labute approximate surface area is 153 Å². The van der Waals surface area contributed by atoms with E-state index in [2.05, 4.69) is 15.6 Å². The molecule has 3 aliphatic rings. The highest BCUT2D eigenvalue weighted by atomic mass is 16.2. The van der Waals surface area contributed by atoms with Gasteiger partial charge in [0, 0.05) is 25.3 Å². The summed E-state index contributed by atoms with van der Waals surface area (Å²) in [6.07, 6.45) is 6.46. The van der Waals surface area contributed by atoms with Gasteiger partial charge in [0.25, 0.3) is 0 Å². The number of hydrogen-bond donors (Lipinski definition) is 3. The van der Waals surface area contributed by atoms with Gasteiger partial charge in [0.1, 0.15) is 5.82 Å². The molecular weight excluding hydrogens is 330 g/mol. The van der Waals surface area contributed by atoms with Crippen molar-refractivity contribution in [2.24, 2.45) is 23.5 Å². The first kappa shape index (κ1) is 17.3. The van der Waals surface area contributed by atoms with E-state index in [-0.39, 0.29) is 18.0 Å². The Balaban J connectivity index is 1.38. The van der Waals surface area contributed by atoms with Gasteiger partial charge in [0.2, 0.25) is 5.91 Å². The lowest BCUT2D eigenvalue weighted by molar-refractivity contribution is -0.118. The van der Waals surface area contributed by atoms with Gasteiger partial charge in [-0.1, -0.05) is 0 Å². The standard InChI is InChI=1S/C19H27N5O2/c1-11-9-24(19(26)22-11)10-12-6-7-21-15(8-12)23-18(25)17(20)16(13-2-3-13)14-4-5-14/h6-8,11,13-14,16-17H,2-5,9-10,20H2,1H3,(H,22,26)(H,21,23,25). The van der Waals surface area contributed by atoms with E-state index in [0.717, 1.165) is 5.56 Å². The zero-order valence-electron chi connectivity index (χ0n) is 15.1. The molecule has 1 aromatic rings. The number of hydrogen-bond acceptors (Lipinski definition) is 4. The summed E-state index contributed by atoms with van der Waals surface area (Å²) in [4.78, 5) is 30.5. The van der Waals surface area contributed by atoms with E-state index in [9.17, 15) is 9.59 Å². The molecule has 2 saturated carbocycles. The van der Waals surface area contributed by atoms with Crippen LogP contribution in [-0.2, 0) is 11.3 Å². The highest BCUT2D eigenvalue weighted by Crippen LogP contribution is 2.50. The fourth-order valence-electron chi connectivity index (χ4n) is 4.08. The summed E-state index contributed by atoms with van der Waals surface area (Å²) in [7, 11) is 0. The van der Waals surface area contributed by atoms with E-state index >= 15 is 0 Å². The monoisotopic (exact) mass is 357 g/mol. The summed E-state index contributed by atoms with van der Waals surface area (Å²) in [5.41, 5.74) is 7.23. The second-order valence-corrected chi connectivity index (χ2v) is 8.05. The molecule has 7 heteroatoms. The van der Waals surface area contributed by atoms with E-state index in [0.29, 0.717) is 36.7 Å². The number of anilines is 1. The van der Waals surface area contributed by atoms with Crippen LogP contribution in [0.3, 0.4) is 0 Å². The van der Waals surface area contributed by atoms with Crippen LogP contribution in [0.15, 0.2) is 18.3 Å². The number of aromatic nitrogens is 1. The molecule has 3 amide bonds. The molecule has 0 spiro atoms. The maximum absolute atomic E-state index is 12.6. The molecule has 4 N–H and O–H groups in total. The lowest BCUT2D eigenvalue weighted by atomic mass is 9.89. The molecular formula is C19H27N5O2. The topological polar surface area (TPSA) is 100 Å². The molecule has 2 unspecified atom stereocenters. The first-order chi connectivity index (χ1) is 12.5. The van der Waals surface area contributed by atoms with Gasteiger partial charge in [0.15, 0.2) is 0 Å². The Bertz CT molecular complexity index is 689. The first-order valence-electron chi connectivity index (χ1n) is 9.58. The minimum absolute atomic E-state index is 0.0568. The normalized spacial score (nSPS) is 23.9. The van der Waals surface area contributed by atoms with Crippen molar-refractivity contribution in [2.45, 2.75) is 51.2 Å². The molecule has 0 aromatic carbocycles. The van der Waals surface area contributed by atoms with Crippen LogP contribution in [0.2, 0.25) is 0 Å². The van der Waals surface area contributed by atoms with Gasteiger partial charge in [-0.25, -0.2) is 9.78 Å². The molecule has 26 heavy (non-hydrogen) atoms. The molecule has 140 valence electrons. The number of rotatable bonds is 7. The van der Waals surface area contributed by atoms with Crippen LogP contribution in [0.25, 0.3) is 0 Å². The minimum Gasteiger partial charge on any atom is -0.334 e. The first-order valence-corrected chi connectivity index (χ1v) is 9.58. The number of nitrogens with zero attached hydrogens (tertiary/aromatic N) is 2. The van der Waals surface area contributed by atoms with Crippen LogP contribution in [0.1, 0.15) is 38.2 Å². The van der Waals surface area contributed by atoms with E-state index in [4.69, 9.17) is 5.73 Å². The fourth-order valence-corrected chi connectivity index (χ4v) is 4.08. The maximum Gasteiger partial charge on any atom is 0.318 e. The minimum atomic E-state index is -0.467. The summed E-state index contributed by atoms with van der Waals surface area (Å²) in [6, 6.07) is 3.32. The Hall–Kier alpha value is -2.15. The molecule has 2 atom stereocenters. The van der Waals surface area contributed by atoms with Crippen LogP contribution >= 0.6 is 0 Å². The molecule has 0 radical (unpaired) electrons. The summed E-state index contributed by atoms with van der Waals surface area (Å²) in [5, 5.41) is 5.76. The smallest absolute Gasteiger partial charge is 0.318 e. The number of pyridine rings is 1. The zero-order valence-corrected chi connectivity index (χ0v) is 15.1. The van der Waals surface area contributed by atoms with Crippen molar-refractivity contribution >= 4 is 17.8 Å². The summed E-state index contributed by atoms with van der Waals surface area (Å²) in [5.74, 6) is 1.91. The molecule has 1 saturated heterocycles. The van der Waals surface area contributed by atoms with Crippen LogP contribution in [0.4, 0.5) is 10.6 Å². The predicted octanol–water partition coefficient (Wildman–Crippen LogP) is 1.70. The Morgan fingerprint density at radius 1 is 1.38 bits per heavy atom. The molecule has 3 fully saturated rings. The van der Waals surface area contributed by atoms with E-state index in [1.54, 1.807) is 11.1 Å². The van der Waals surface area contributed by atoms with Gasteiger partial charge in [-0.3, -0.25) is 4.79 Å². The van der Waals surface area contributed by atoms with Crippen LogP contribution in [0, 0.1) is 17.8 Å². The Morgan fingerprint density at radius 2 is 2.08 bits per heavy atom. The van der Waals surface area contributed by atoms with Crippen molar-refractivity contribution in [3.63, 3.8) is 0 Å². The van der Waals surface area contributed by atoms with Gasteiger partial charge in [-0.15, -0.1) is 0 Å². The fraction of sp³-hybridized carbons (Fsp3) is 0.632. The molecule has 2 aliphatic carbocycles. The SMILES string of the molecule is CC1CN(Cc2ccnc(NC(=O)C(N)C(C3CC3)C3CC3)c2)C(=O)N1. The quantitative estimate of drug-likeness (QED) is 0.691. The summed E-state index contributed by atoms with van der Waals surface area (Å²) in [6.45, 7) is 3.16. The maximum atomic E-state index is 12.6. The van der Waals surface area contributed by atoms with Crippen molar-refractivity contribution in [2.75, 3.05) is 11.9 Å². The Kier molecular flexibility index (Phi) is 4.56. The molecule has 1 aliphatic heterocycles. The van der Waals surface area contributed by atoms with Gasteiger partial charge >= 0.3 is 6.03 Å². The number of carbonyl (C=O) groups excluding carboxylic acids is 2. The number of carbonyl (C=O) groups is 2. The van der Waals surface area contributed by atoms with E-state index in [1.807, 2.05) is 19.1 Å². The third kappa shape index (κ3) is 3.82. The van der Waals surface area contributed by atoms with Crippen LogP contribution in [-0.4, -0.2) is 40.5 Å². The number of amides is 3. The van der Waals surface area contributed by atoms with Crippen molar-refractivity contribution in [3.05, 3.63) is 23.9 Å². The van der Waals surface area contributed by atoms with Crippen LogP contribution in [0.5, 0.6) is 0 Å². The van der Waals surface area contributed by atoms with E-state index in [1.165, 1.54) is 25.7 Å². The lowest BCUT2D eigenvalue weighted by Crippen LogP contribution is -2.44. The largest absolute Gasteiger partial charge is 0.334 e. The highest BCUT2D eigenvalue weighted by molar-refractivity contribution is 5.94.